The highest BCUT2D eigenvalue weighted by molar-refractivity contribution is 4.82. The minimum absolute atomic E-state index is 1.31. The summed E-state index contributed by atoms with van der Waals surface area (Å²) in [4.78, 5) is 0. The summed E-state index contributed by atoms with van der Waals surface area (Å²) in [6.45, 7) is 4.60. The van der Waals surface area contributed by atoms with Gasteiger partial charge in [-0.2, -0.15) is 0 Å². The molecule has 0 aromatic carbocycles. The fourth-order valence-corrected chi connectivity index (χ4v) is 5.03. The molecule has 0 nitrogen and oxygen atoms in total. The summed E-state index contributed by atoms with van der Waals surface area (Å²) in [5, 5.41) is 0. The van der Waals surface area contributed by atoms with Crippen LogP contribution in [-0.4, -0.2) is 0 Å². The van der Waals surface area contributed by atoms with Crippen LogP contribution in [0.15, 0.2) is 24.3 Å². The van der Waals surface area contributed by atoms with Crippen molar-refractivity contribution in [1.82, 2.24) is 0 Å². The molecule has 35 heavy (non-hydrogen) atoms. The smallest absolute Gasteiger partial charge is 0.0351 e. The van der Waals surface area contributed by atoms with Gasteiger partial charge in [-0.25, -0.2) is 0 Å². The standard InChI is InChI=1S/C35H68/c1-3-5-7-9-11-13-15-17-19-21-23-25-27-29-31-33-35-34-32-30-28-26-24-22-20-18-16-14-12-10-8-6-4-2/h21,23-24,26H,3-20,22,25,27-35H2,1-2H3. The molecule has 0 aliphatic heterocycles. The van der Waals surface area contributed by atoms with Gasteiger partial charge in [0.05, 0.1) is 0 Å². The van der Waals surface area contributed by atoms with Crippen LogP contribution in [0.4, 0.5) is 0 Å². The van der Waals surface area contributed by atoms with E-state index in [9.17, 15) is 0 Å². The van der Waals surface area contributed by atoms with Crippen molar-refractivity contribution >= 4 is 0 Å². The largest absolute Gasteiger partial charge is 0.0885 e. The van der Waals surface area contributed by atoms with E-state index in [4.69, 9.17) is 0 Å². The van der Waals surface area contributed by atoms with Crippen LogP contribution in [0.5, 0.6) is 0 Å². The highest BCUT2D eigenvalue weighted by Gasteiger charge is 1.94. The van der Waals surface area contributed by atoms with Gasteiger partial charge in [-0.3, -0.25) is 0 Å². The van der Waals surface area contributed by atoms with Gasteiger partial charge in [-0.1, -0.05) is 173 Å². The Morgan fingerprint density at radius 3 is 0.600 bits per heavy atom. The van der Waals surface area contributed by atoms with E-state index in [0.29, 0.717) is 0 Å². The molecule has 0 bridgehead atoms. The zero-order chi connectivity index (χ0) is 25.3. The molecule has 0 heterocycles. The van der Waals surface area contributed by atoms with E-state index in [-0.39, 0.29) is 0 Å². The summed E-state index contributed by atoms with van der Waals surface area (Å²) >= 11 is 0. The van der Waals surface area contributed by atoms with Gasteiger partial charge in [0.15, 0.2) is 0 Å². The van der Waals surface area contributed by atoms with E-state index in [1.165, 1.54) is 186 Å². The van der Waals surface area contributed by atoms with Crippen molar-refractivity contribution < 1.29 is 0 Å². The molecule has 0 radical (unpaired) electrons. The Kier molecular flexibility index (Phi) is 33.0. The number of hydrogen-bond donors (Lipinski definition) is 0. The molecular weight excluding hydrogens is 420 g/mol. The predicted octanol–water partition coefficient (Wildman–Crippen LogP) is 13.5. The lowest BCUT2D eigenvalue weighted by atomic mass is 10.1. The highest BCUT2D eigenvalue weighted by atomic mass is 14.0. The monoisotopic (exact) mass is 489 g/mol. The van der Waals surface area contributed by atoms with Gasteiger partial charge in [0.1, 0.15) is 0 Å². The Bertz CT molecular complexity index is 404. The molecular formula is C35H68. The first-order chi connectivity index (χ1) is 17.4. The zero-order valence-electron chi connectivity index (χ0n) is 24.8. The van der Waals surface area contributed by atoms with Crippen molar-refractivity contribution in [3.8, 4) is 0 Å². The molecule has 0 N–H and O–H groups in total. The molecule has 0 heteroatoms. The summed E-state index contributed by atoms with van der Waals surface area (Å²) < 4.78 is 0. The van der Waals surface area contributed by atoms with Crippen LogP contribution in [0.2, 0.25) is 0 Å². The predicted molar refractivity (Wildman–Crippen MR) is 164 cm³/mol. The lowest BCUT2D eigenvalue weighted by Gasteiger charge is -2.01. The Labute approximate surface area is 224 Å². The molecule has 0 amide bonds. The van der Waals surface area contributed by atoms with Crippen molar-refractivity contribution in [3.63, 3.8) is 0 Å². The second-order valence-electron chi connectivity index (χ2n) is 11.2. The molecule has 0 saturated heterocycles. The topological polar surface area (TPSA) is 0 Å². The second kappa shape index (κ2) is 33.5. The SMILES string of the molecule is CCCCCCCCCCC=CCCCCCCCCCCC=CCCCCCCCCCCC. The van der Waals surface area contributed by atoms with Crippen molar-refractivity contribution in [1.29, 1.82) is 0 Å². The first kappa shape index (κ1) is 34.5. The Hall–Kier alpha value is -0.520. The summed E-state index contributed by atoms with van der Waals surface area (Å²) in [5.41, 5.74) is 0. The quantitative estimate of drug-likeness (QED) is 0.0696. The van der Waals surface area contributed by atoms with Gasteiger partial charge in [0.25, 0.3) is 0 Å². The van der Waals surface area contributed by atoms with Crippen molar-refractivity contribution in [2.75, 3.05) is 0 Å². The van der Waals surface area contributed by atoms with Crippen molar-refractivity contribution in [2.45, 2.75) is 200 Å². The van der Waals surface area contributed by atoms with Crippen LogP contribution in [-0.2, 0) is 0 Å². The fraction of sp³-hybridized carbons (Fsp3) is 0.886. The lowest BCUT2D eigenvalue weighted by Crippen LogP contribution is -1.82. The fourth-order valence-electron chi connectivity index (χ4n) is 5.03. The minimum Gasteiger partial charge on any atom is -0.0885 e. The minimum atomic E-state index is 1.31. The molecule has 0 saturated carbocycles. The van der Waals surface area contributed by atoms with Gasteiger partial charge in [-0.15, -0.1) is 0 Å². The van der Waals surface area contributed by atoms with Crippen molar-refractivity contribution in [2.24, 2.45) is 0 Å². The van der Waals surface area contributed by atoms with E-state index in [1.54, 1.807) is 0 Å². The second-order valence-corrected chi connectivity index (χ2v) is 11.2. The summed E-state index contributed by atoms with van der Waals surface area (Å²) in [7, 11) is 0. The average Bonchev–Trinajstić information content (AvgIpc) is 2.87. The van der Waals surface area contributed by atoms with E-state index < -0.39 is 0 Å². The Morgan fingerprint density at radius 1 is 0.229 bits per heavy atom. The molecule has 0 fully saturated rings. The van der Waals surface area contributed by atoms with Crippen LogP contribution < -0.4 is 0 Å². The molecule has 0 aromatic rings. The average molecular weight is 489 g/mol. The summed E-state index contributed by atoms with van der Waals surface area (Å²) in [5.74, 6) is 0. The van der Waals surface area contributed by atoms with E-state index >= 15 is 0 Å². The highest BCUT2D eigenvalue weighted by Crippen LogP contribution is 2.13. The molecule has 0 atom stereocenters. The first-order valence-electron chi connectivity index (χ1n) is 16.7. The first-order valence-corrected chi connectivity index (χ1v) is 16.7. The molecule has 0 rings (SSSR count). The molecule has 0 aromatic heterocycles. The molecule has 0 unspecified atom stereocenters. The summed E-state index contributed by atoms with van der Waals surface area (Å²) in [6, 6.07) is 0. The van der Waals surface area contributed by atoms with Crippen LogP contribution in [0.3, 0.4) is 0 Å². The van der Waals surface area contributed by atoms with Gasteiger partial charge in [-0.05, 0) is 51.4 Å². The van der Waals surface area contributed by atoms with E-state index in [1.807, 2.05) is 0 Å². The normalized spacial score (nSPS) is 11.9. The van der Waals surface area contributed by atoms with E-state index in [0.717, 1.165) is 0 Å². The zero-order valence-corrected chi connectivity index (χ0v) is 24.8. The number of allylic oxidation sites excluding steroid dienone is 4. The van der Waals surface area contributed by atoms with Gasteiger partial charge in [0, 0.05) is 0 Å². The van der Waals surface area contributed by atoms with Gasteiger partial charge in [0.2, 0.25) is 0 Å². The van der Waals surface area contributed by atoms with E-state index in [2.05, 4.69) is 38.2 Å². The maximum atomic E-state index is 2.45. The van der Waals surface area contributed by atoms with Gasteiger partial charge >= 0.3 is 0 Å². The van der Waals surface area contributed by atoms with Crippen LogP contribution in [0.1, 0.15) is 200 Å². The Balaban J connectivity index is 3.12. The number of hydrogen-bond acceptors (Lipinski definition) is 0. The van der Waals surface area contributed by atoms with Gasteiger partial charge < -0.3 is 0 Å². The number of rotatable bonds is 30. The third-order valence-corrected chi connectivity index (χ3v) is 7.52. The number of unbranched alkanes of at least 4 members (excludes halogenated alkanes) is 26. The Morgan fingerprint density at radius 2 is 0.400 bits per heavy atom. The molecule has 0 aliphatic rings. The maximum absolute atomic E-state index is 2.45. The van der Waals surface area contributed by atoms with Crippen LogP contribution in [0.25, 0.3) is 0 Å². The maximum Gasteiger partial charge on any atom is -0.0351 e. The lowest BCUT2D eigenvalue weighted by molar-refractivity contribution is 0.565. The van der Waals surface area contributed by atoms with Crippen LogP contribution in [0, 0.1) is 0 Å². The molecule has 208 valence electrons. The molecule has 0 aliphatic carbocycles. The molecule has 0 spiro atoms. The van der Waals surface area contributed by atoms with Crippen molar-refractivity contribution in [3.05, 3.63) is 24.3 Å². The third kappa shape index (κ3) is 33.5. The third-order valence-electron chi connectivity index (χ3n) is 7.52. The summed E-state index contributed by atoms with van der Waals surface area (Å²) in [6.07, 6.45) is 50.9. The van der Waals surface area contributed by atoms with Crippen LogP contribution >= 0.6 is 0 Å².